The number of hydrogen-bond donors (Lipinski definition) is 3. The number of non-ortho nitro benzene ring substituents is 1. The standard InChI is InChI=1S/C22H16ClN5O5/c23-14-7-4-8-15(11-14)24-22(30)33-27-20-21(29)26-19(13-5-2-1-3-6-13)17-12-16(28(31)32)9-10-18(17)25-20/h1-12,21,29H,(H,24,30)(H,25,27). The number of nitrogens with one attached hydrogen (secondary N) is 2. The Labute approximate surface area is 192 Å². The number of hydroxylamine groups is 1. The minimum Gasteiger partial charge on any atom is -0.365 e. The van der Waals surface area contributed by atoms with E-state index in [-0.39, 0.29) is 11.5 Å². The highest BCUT2D eigenvalue weighted by Gasteiger charge is 2.24. The van der Waals surface area contributed by atoms with Crippen LogP contribution in [0.5, 0.6) is 0 Å². The van der Waals surface area contributed by atoms with Crippen molar-refractivity contribution in [3.63, 3.8) is 0 Å². The maximum atomic E-state index is 12.1. The van der Waals surface area contributed by atoms with Crippen molar-refractivity contribution in [2.75, 3.05) is 5.32 Å². The van der Waals surface area contributed by atoms with Crippen LogP contribution in [0, 0.1) is 10.1 Å². The quantitative estimate of drug-likeness (QED) is 0.391. The molecule has 1 unspecified atom stereocenters. The van der Waals surface area contributed by atoms with E-state index in [1.54, 1.807) is 48.5 Å². The van der Waals surface area contributed by atoms with Gasteiger partial charge in [-0.3, -0.25) is 15.4 Å². The number of carbonyl (C=O) groups excluding carboxylic acids is 1. The van der Waals surface area contributed by atoms with Gasteiger partial charge < -0.3 is 9.94 Å². The molecule has 11 heteroatoms. The Balaban J connectivity index is 1.62. The average molecular weight is 466 g/mol. The first kappa shape index (κ1) is 21.9. The van der Waals surface area contributed by atoms with Gasteiger partial charge in [-0.2, -0.15) is 5.48 Å². The SMILES string of the molecule is O=C(Nc1cccc(Cl)c1)ONC1=Nc2ccc([N+](=O)[O-])cc2C(c2ccccc2)=NC1O. The van der Waals surface area contributed by atoms with Gasteiger partial charge in [0.2, 0.25) is 6.23 Å². The molecule has 3 N–H and O–H groups in total. The third-order valence-electron chi connectivity index (χ3n) is 4.55. The predicted molar refractivity (Wildman–Crippen MR) is 123 cm³/mol. The van der Waals surface area contributed by atoms with Crippen LogP contribution in [0.4, 0.5) is 21.9 Å². The van der Waals surface area contributed by atoms with Gasteiger partial charge in [0, 0.05) is 34.0 Å². The number of hydrogen-bond acceptors (Lipinski definition) is 8. The van der Waals surface area contributed by atoms with Gasteiger partial charge in [-0.15, -0.1) is 0 Å². The molecule has 1 aliphatic rings. The smallest absolute Gasteiger partial charge is 0.365 e. The fourth-order valence-corrected chi connectivity index (χ4v) is 3.27. The lowest BCUT2D eigenvalue weighted by Crippen LogP contribution is -2.36. The first-order valence-electron chi connectivity index (χ1n) is 9.59. The molecule has 0 aliphatic carbocycles. The summed E-state index contributed by atoms with van der Waals surface area (Å²) in [5.74, 6) is -0.183. The largest absolute Gasteiger partial charge is 0.435 e. The first-order valence-corrected chi connectivity index (χ1v) is 9.96. The van der Waals surface area contributed by atoms with Gasteiger partial charge in [0.05, 0.1) is 16.3 Å². The number of aliphatic hydroxyl groups excluding tert-OH is 1. The number of nitro benzene ring substituents is 1. The number of halogens is 1. The molecule has 0 saturated heterocycles. The van der Waals surface area contributed by atoms with Crippen molar-refractivity contribution in [2.24, 2.45) is 9.98 Å². The van der Waals surface area contributed by atoms with Gasteiger partial charge in [0.25, 0.3) is 5.69 Å². The van der Waals surface area contributed by atoms with Crippen LogP contribution in [-0.2, 0) is 4.84 Å². The van der Waals surface area contributed by atoms with Crippen molar-refractivity contribution in [1.82, 2.24) is 5.48 Å². The Morgan fingerprint density at radius 2 is 1.88 bits per heavy atom. The normalized spacial score (nSPS) is 14.8. The monoisotopic (exact) mass is 465 g/mol. The fraction of sp³-hybridized carbons (Fsp3) is 0.0455. The van der Waals surface area contributed by atoms with Gasteiger partial charge in [0.1, 0.15) is 0 Å². The Morgan fingerprint density at radius 1 is 1.09 bits per heavy atom. The number of carbonyl (C=O) groups is 1. The minimum atomic E-state index is -1.54. The van der Waals surface area contributed by atoms with Crippen molar-refractivity contribution >= 4 is 46.3 Å². The Morgan fingerprint density at radius 3 is 2.61 bits per heavy atom. The topological polar surface area (TPSA) is 138 Å². The first-order chi connectivity index (χ1) is 15.9. The second-order valence-electron chi connectivity index (χ2n) is 6.80. The number of rotatable bonds is 3. The van der Waals surface area contributed by atoms with Crippen molar-refractivity contribution in [3.05, 3.63) is 99.1 Å². The molecule has 3 aromatic carbocycles. The van der Waals surface area contributed by atoms with Crippen molar-refractivity contribution < 1.29 is 19.7 Å². The van der Waals surface area contributed by atoms with Gasteiger partial charge in [-0.25, -0.2) is 14.8 Å². The number of nitro groups is 1. The number of anilines is 1. The van der Waals surface area contributed by atoms with E-state index in [2.05, 4.69) is 20.8 Å². The molecule has 0 radical (unpaired) electrons. The lowest BCUT2D eigenvalue weighted by atomic mass is 10.00. The zero-order valence-electron chi connectivity index (χ0n) is 16.8. The van der Waals surface area contributed by atoms with Crippen molar-refractivity contribution in [3.8, 4) is 0 Å². The summed E-state index contributed by atoms with van der Waals surface area (Å²) < 4.78 is 0. The molecule has 0 saturated carbocycles. The van der Waals surface area contributed by atoms with E-state index < -0.39 is 17.2 Å². The number of amides is 1. The summed E-state index contributed by atoms with van der Waals surface area (Å²) in [7, 11) is 0. The van der Waals surface area contributed by atoms with Gasteiger partial charge in [0.15, 0.2) is 5.84 Å². The summed E-state index contributed by atoms with van der Waals surface area (Å²) in [4.78, 5) is 36.4. The maximum Gasteiger partial charge on any atom is 0.435 e. The van der Waals surface area contributed by atoms with Crippen molar-refractivity contribution in [2.45, 2.75) is 6.23 Å². The van der Waals surface area contributed by atoms with E-state index in [9.17, 15) is 20.0 Å². The molecule has 10 nitrogen and oxygen atoms in total. The van der Waals surface area contributed by atoms with Crippen LogP contribution >= 0.6 is 11.6 Å². The molecular formula is C22H16ClN5O5. The average Bonchev–Trinajstić information content (AvgIpc) is 2.94. The highest BCUT2D eigenvalue weighted by atomic mass is 35.5. The maximum absolute atomic E-state index is 12.1. The lowest BCUT2D eigenvalue weighted by Gasteiger charge is -2.12. The van der Waals surface area contributed by atoms with Crippen LogP contribution in [-0.4, -0.2) is 33.9 Å². The molecule has 0 aromatic heterocycles. The second-order valence-corrected chi connectivity index (χ2v) is 7.24. The molecule has 33 heavy (non-hydrogen) atoms. The van der Waals surface area contributed by atoms with Gasteiger partial charge >= 0.3 is 6.09 Å². The molecule has 0 spiro atoms. The molecule has 0 fully saturated rings. The molecule has 3 aromatic rings. The summed E-state index contributed by atoms with van der Waals surface area (Å²) in [6, 6.07) is 19.3. The van der Waals surface area contributed by atoms with Crippen LogP contribution in [0.3, 0.4) is 0 Å². The summed E-state index contributed by atoms with van der Waals surface area (Å²) >= 11 is 5.89. The van der Waals surface area contributed by atoms with Crippen LogP contribution in [0.25, 0.3) is 0 Å². The number of fused-ring (bicyclic) bond motifs is 1. The second kappa shape index (κ2) is 9.47. The van der Waals surface area contributed by atoms with Crippen LogP contribution < -0.4 is 10.8 Å². The number of benzene rings is 3. The Kier molecular flexibility index (Phi) is 6.29. The highest BCUT2D eigenvalue weighted by Crippen LogP contribution is 2.30. The van der Waals surface area contributed by atoms with E-state index in [1.165, 1.54) is 24.3 Å². The molecule has 1 amide bonds. The molecule has 166 valence electrons. The van der Waals surface area contributed by atoms with Crippen LogP contribution in [0.2, 0.25) is 5.02 Å². The van der Waals surface area contributed by atoms with E-state index in [0.717, 1.165) is 0 Å². The number of aliphatic hydroxyl groups is 1. The number of amidine groups is 1. The van der Waals surface area contributed by atoms with Crippen LogP contribution in [0.15, 0.2) is 82.8 Å². The molecule has 0 bridgehead atoms. The molecular weight excluding hydrogens is 450 g/mol. The molecule has 1 heterocycles. The third kappa shape index (κ3) is 5.14. The van der Waals surface area contributed by atoms with E-state index >= 15 is 0 Å². The Hall–Kier alpha value is -4.28. The zero-order chi connectivity index (χ0) is 23.4. The number of nitrogens with zero attached hydrogens (tertiary/aromatic N) is 3. The predicted octanol–water partition coefficient (Wildman–Crippen LogP) is 4.20. The summed E-state index contributed by atoms with van der Waals surface area (Å²) in [5.41, 5.74) is 4.11. The highest BCUT2D eigenvalue weighted by molar-refractivity contribution is 6.30. The summed E-state index contributed by atoms with van der Waals surface area (Å²) in [5, 5.41) is 24.8. The van der Waals surface area contributed by atoms with E-state index in [4.69, 9.17) is 16.4 Å². The van der Waals surface area contributed by atoms with Crippen molar-refractivity contribution in [1.29, 1.82) is 0 Å². The van der Waals surface area contributed by atoms with Crippen LogP contribution in [0.1, 0.15) is 11.1 Å². The fourth-order valence-electron chi connectivity index (χ4n) is 3.08. The van der Waals surface area contributed by atoms with Gasteiger partial charge in [-0.05, 0) is 24.3 Å². The summed E-state index contributed by atoms with van der Waals surface area (Å²) in [6.07, 6.45) is -2.42. The third-order valence-corrected chi connectivity index (χ3v) is 4.78. The van der Waals surface area contributed by atoms with E-state index in [1.807, 2.05) is 0 Å². The molecule has 1 aliphatic heterocycles. The minimum absolute atomic E-state index is 0.157. The van der Waals surface area contributed by atoms with Gasteiger partial charge in [-0.1, -0.05) is 48.0 Å². The van der Waals surface area contributed by atoms with E-state index in [0.29, 0.717) is 33.2 Å². The Bertz CT molecular complexity index is 1280. The number of aliphatic imine (C=N–C) groups is 2. The summed E-state index contributed by atoms with van der Waals surface area (Å²) in [6.45, 7) is 0. The molecule has 1 atom stereocenters. The zero-order valence-corrected chi connectivity index (χ0v) is 17.6. The lowest BCUT2D eigenvalue weighted by molar-refractivity contribution is -0.384. The molecule has 4 rings (SSSR count).